The van der Waals surface area contributed by atoms with E-state index < -0.39 is 0 Å². The first kappa shape index (κ1) is 14.5. The van der Waals surface area contributed by atoms with Crippen LogP contribution in [0.2, 0.25) is 0 Å². The largest absolute Gasteiger partial charge is 0.379 e. The Kier molecular flexibility index (Phi) is 3.88. The summed E-state index contributed by atoms with van der Waals surface area (Å²) in [5.74, 6) is 0.0605. The van der Waals surface area contributed by atoms with Gasteiger partial charge in [0.2, 0.25) is 5.82 Å². The molecule has 0 saturated carbocycles. The van der Waals surface area contributed by atoms with Gasteiger partial charge in [0.15, 0.2) is 0 Å². The molecule has 120 valence electrons. The maximum atomic E-state index is 12.6. The number of rotatable bonds is 2. The van der Waals surface area contributed by atoms with Gasteiger partial charge in [-0.3, -0.25) is 9.69 Å². The summed E-state index contributed by atoms with van der Waals surface area (Å²) in [6.45, 7) is 4.93. The number of benzene rings is 1. The lowest BCUT2D eigenvalue weighted by atomic mass is 10.2. The Labute approximate surface area is 134 Å². The third-order valence-electron chi connectivity index (χ3n) is 4.56. The van der Waals surface area contributed by atoms with Gasteiger partial charge >= 0.3 is 0 Å². The van der Waals surface area contributed by atoms with Crippen molar-refractivity contribution in [2.24, 2.45) is 0 Å². The Morgan fingerprint density at radius 3 is 2.70 bits per heavy atom. The van der Waals surface area contributed by atoms with Gasteiger partial charge < -0.3 is 9.64 Å². The monoisotopic (exact) mass is 313 g/mol. The van der Waals surface area contributed by atoms with Gasteiger partial charge in [-0.25, -0.2) is 4.98 Å². The molecule has 2 aromatic rings. The van der Waals surface area contributed by atoms with E-state index in [1.54, 1.807) is 0 Å². The van der Waals surface area contributed by atoms with Crippen molar-refractivity contribution in [3.8, 4) is 0 Å². The van der Waals surface area contributed by atoms with Crippen LogP contribution < -0.4 is 0 Å². The second kappa shape index (κ2) is 6.17. The van der Waals surface area contributed by atoms with Gasteiger partial charge in [0.1, 0.15) is 5.52 Å². The average molecular weight is 313 g/mol. The third kappa shape index (κ3) is 2.89. The van der Waals surface area contributed by atoms with Crippen molar-refractivity contribution in [2.45, 2.75) is 12.5 Å². The molecule has 1 unspecified atom stereocenters. The first-order chi connectivity index (χ1) is 11.3. The fourth-order valence-electron chi connectivity index (χ4n) is 3.28. The maximum Gasteiger partial charge on any atom is 0.293 e. The summed E-state index contributed by atoms with van der Waals surface area (Å²) in [7, 11) is 0. The molecule has 2 aliphatic heterocycles. The summed E-state index contributed by atoms with van der Waals surface area (Å²) >= 11 is 0. The highest BCUT2D eigenvalue weighted by Crippen LogP contribution is 2.18. The van der Waals surface area contributed by atoms with Gasteiger partial charge in [-0.2, -0.15) is 0 Å². The van der Waals surface area contributed by atoms with Crippen LogP contribution in [0.1, 0.15) is 17.0 Å². The zero-order chi connectivity index (χ0) is 15.6. The van der Waals surface area contributed by atoms with E-state index in [4.69, 9.17) is 4.74 Å². The molecule has 1 atom stereocenters. The summed E-state index contributed by atoms with van der Waals surface area (Å²) in [5, 5.41) is 8.10. The molecule has 2 aliphatic rings. The highest BCUT2D eigenvalue weighted by molar-refractivity contribution is 5.92. The van der Waals surface area contributed by atoms with Gasteiger partial charge in [0.25, 0.3) is 5.91 Å². The van der Waals surface area contributed by atoms with Crippen LogP contribution in [0.4, 0.5) is 0 Å². The lowest BCUT2D eigenvalue weighted by Gasteiger charge is -2.31. The summed E-state index contributed by atoms with van der Waals surface area (Å²) in [4.78, 5) is 21.2. The number of nitrogens with zero attached hydrogens (tertiary/aromatic N) is 5. The minimum atomic E-state index is -0.126. The second-order valence-corrected chi connectivity index (χ2v) is 5.97. The van der Waals surface area contributed by atoms with Crippen LogP contribution in [0.25, 0.3) is 11.0 Å². The number of likely N-dealkylation sites (tertiary alicyclic amines) is 1. The lowest BCUT2D eigenvalue weighted by molar-refractivity contribution is 0.0184. The molecule has 1 aromatic carbocycles. The molecular weight excluding hydrogens is 294 g/mol. The quantitative estimate of drug-likeness (QED) is 0.807. The normalized spacial score (nSPS) is 22.6. The average Bonchev–Trinajstić information content (AvgIpc) is 3.11. The molecule has 0 radical (unpaired) electrons. The van der Waals surface area contributed by atoms with Crippen molar-refractivity contribution in [3.63, 3.8) is 0 Å². The fraction of sp³-hybridized carbons (Fsp3) is 0.500. The van der Waals surface area contributed by atoms with Crippen molar-refractivity contribution in [3.05, 3.63) is 30.1 Å². The van der Waals surface area contributed by atoms with Crippen molar-refractivity contribution in [2.75, 3.05) is 39.4 Å². The molecule has 3 heterocycles. The number of para-hydroxylation sites is 1. The molecule has 23 heavy (non-hydrogen) atoms. The Morgan fingerprint density at radius 1 is 1.09 bits per heavy atom. The fourth-order valence-corrected chi connectivity index (χ4v) is 3.28. The van der Waals surface area contributed by atoms with Crippen molar-refractivity contribution >= 4 is 16.9 Å². The molecule has 2 fully saturated rings. The van der Waals surface area contributed by atoms with E-state index in [-0.39, 0.29) is 11.7 Å². The molecule has 1 aromatic heterocycles. The summed E-state index contributed by atoms with van der Waals surface area (Å²) in [6.07, 6.45) is 0.993. The minimum absolute atomic E-state index is 0.126. The molecule has 1 amide bonds. The first-order valence-electron chi connectivity index (χ1n) is 8.02. The predicted molar refractivity (Wildman–Crippen MR) is 84.0 cm³/mol. The summed E-state index contributed by atoms with van der Waals surface area (Å²) in [6, 6.07) is 7.87. The third-order valence-corrected chi connectivity index (χ3v) is 4.56. The van der Waals surface area contributed by atoms with Crippen molar-refractivity contribution in [1.29, 1.82) is 0 Å². The van der Waals surface area contributed by atoms with Crippen LogP contribution in [0.15, 0.2) is 24.3 Å². The van der Waals surface area contributed by atoms with Crippen molar-refractivity contribution < 1.29 is 9.53 Å². The molecule has 4 rings (SSSR count). The van der Waals surface area contributed by atoms with E-state index in [2.05, 4.69) is 20.1 Å². The second-order valence-electron chi connectivity index (χ2n) is 5.97. The highest BCUT2D eigenvalue weighted by atomic mass is 16.5. The number of fused-ring (bicyclic) bond motifs is 1. The topological polar surface area (TPSA) is 71.5 Å². The van der Waals surface area contributed by atoms with Crippen molar-refractivity contribution in [1.82, 2.24) is 25.0 Å². The van der Waals surface area contributed by atoms with Crippen LogP contribution in [0, 0.1) is 0 Å². The number of carbonyl (C=O) groups excluding carboxylic acids is 1. The Morgan fingerprint density at radius 2 is 1.87 bits per heavy atom. The number of morpholine rings is 1. The highest BCUT2D eigenvalue weighted by Gasteiger charge is 2.32. The number of hydrogen-bond acceptors (Lipinski definition) is 6. The van der Waals surface area contributed by atoms with E-state index in [1.807, 2.05) is 29.2 Å². The number of carbonyl (C=O) groups is 1. The van der Waals surface area contributed by atoms with E-state index in [1.165, 1.54) is 0 Å². The SMILES string of the molecule is O=C(c1nnc2ccccc2n1)N1CCC(N2CCOCC2)C1. The van der Waals surface area contributed by atoms with Crippen LogP contribution >= 0.6 is 0 Å². The van der Waals surface area contributed by atoms with Crippen LogP contribution in [0.5, 0.6) is 0 Å². The Balaban J connectivity index is 1.48. The smallest absolute Gasteiger partial charge is 0.293 e. The molecular formula is C16H19N5O2. The zero-order valence-corrected chi connectivity index (χ0v) is 12.9. The first-order valence-corrected chi connectivity index (χ1v) is 8.02. The van der Waals surface area contributed by atoms with E-state index >= 15 is 0 Å². The van der Waals surface area contributed by atoms with Gasteiger partial charge in [0.05, 0.1) is 18.7 Å². The van der Waals surface area contributed by atoms with Gasteiger partial charge in [-0.05, 0) is 18.6 Å². The molecule has 0 N–H and O–H groups in total. The van der Waals surface area contributed by atoms with Gasteiger partial charge in [0, 0.05) is 32.2 Å². The lowest BCUT2D eigenvalue weighted by Crippen LogP contribution is -2.45. The van der Waals surface area contributed by atoms with E-state index in [0.29, 0.717) is 17.1 Å². The predicted octanol–water partition coefficient (Wildman–Crippen LogP) is 0.571. The van der Waals surface area contributed by atoms with Gasteiger partial charge in [-0.1, -0.05) is 12.1 Å². The van der Waals surface area contributed by atoms with Gasteiger partial charge in [-0.15, -0.1) is 10.2 Å². The molecule has 2 saturated heterocycles. The maximum absolute atomic E-state index is 12.6. The Bertz CT molecular complexity index is 716. The van der Waals surface area contributed by atoms with Crippen LogP contribution in [0.3, 0.4) is 0 Å². The number of hydrogen-bond donors (Lipinski definition) is 0. The Hall–Kier alpha value is -2.12. The standard InChI is InChI=1S/C16H19N5O2/c22-16(15-17-13-3-1-2-4-14(13)18-19-15)21-6-5-12(11-21)20-7-9-23-10-8-20/h1-4,12H,5-11H2. The molecule has 0 bridgehead atoms. The molecule has 0 spiro atoms. The van der Waals surface area contributed by atoms with Crippen LogP contribution in [-0.2, 0) is 4.74 Å². The number of aromatic nitrogens is 3. The van der Waals surface area contributed by atoms with E-state index in [0.717, 1.165) is 45.8 Å². The molecule has 7 nitrogen and oxygen atoms in total. The van der Waals surface area contributed by atoms with E-state index in [9.17, 15) is 4.79 Å². The zero-order valence-electron chi connectivity index (χ0n) is 12.9. The number of amides is 1. The summed E-state index contributed by atoms with van der Waals surface area (Å²) < 4.78 is 5.39. The number of ether oxygens (including phenoxy) is 1. The summed E-state index contributed by atoms with van der Waals surface area (Å²) in [5.41, 5.74) is 1.41. The molecule has 7 heteroatoms. The molecule has 0 aliphatic carbocycles. The van der Waals surface area contributed by atoms with Crippen LogP contribution in [-0.4, -0.2) is 76.3 Å². The minimum Gasteiger partial charge on any atom is -0.379 e.